The predicted octanol–water partition coefficient (Wildman–Crippen LogP) is 8.59. The van der Waals surface area contributed by atoms with Gasteiger partial charge in [-0.3, -0.25) is 0 Å². The van der Waals surface area contributed by atoms with E-state index in [1.54, 1.807) is 0 Å². The Morgan fingerprint density at radius 2 is 1.03 bits per heavy atom. The van der Waals surface area contributed by atoms with E-state index in [1.807, 2.05) is 0 Å². The monoisotopic (exact) mass is 409 g/mol. The van der Waals surface area contributed by atoms with Gasteiger partial charge in [0.15, 0.2) is 0 Å². The molecule has 2 rings (SSSR count). The van der Waals surface area contributed by atoms with Crippen molar-refractivity contribution in [2.45, 2.75) is 99.3 Å². The van der Waals surface area contributed by atoms with Crippen LogP contribution in [0.25, 0.3) is 0 Å². The number of hydrogen-bond acceptors (Lipinski definition) is 1. The van der Waals surface area contributed by atoms with Gasteiger partial charge in [-0.2, -0.15) is 0 Å². The number of aryl methyl sites for hydroxylation is 3. The number of benzene rings is 2. The Bertz CT molecular complexity index is 870. The van der Waals surface area contributed by atoms with Crippen molar-refractivity contribution >= 4 is 19.4 Å². The van der Waals surface area contributed by atoms with E-state index in [4.69, 9.17) is 4.74 Å². The van der Waals surface area contributed by atoms with Crippen LogP contribution in [0, 0.1) is 20.8 Å². The van der Waals surface area contributed by atoms with Gasteiger partial charge in [0.2, 0.25) is 0 Å². The Labute approximate surface area is 181 Å². The maximum atomic E-state index is 5.26. The summed E-state index contributed by atoms with van der Waals surface area (Å²) in [6, 6.07) is 9.34. The molecule has 0 spiro atoms. The van der Waals surface area contributed by atoms with Gasteiger partial charge < -0.3 is 0 Å². The quantitative estimate of drug-likeness (QED) is 0.440. The second-order valence-corrected chi connectivity index (χ2v) is 12.5. The fraction of sp³-hybridized carbons (Fsp3) is 0.556. The minimum Gasteiger partial charge on any atom is -0.227 e. The molecular formula is C27H40NP. The zero-order valence-corrected chi connectivity index (χ0v) is 21.6. The third kappa shape index (κ3) is 5.58. The van der Waals surface area contributed by atoms with Gasteiger partial charge in [0.1, 0.15) is 0 Å². The Morgan fingerprint density at radius 3 is 1.38 bits per heavy atom. The molecule has 0 heterocycles. The standard InChI is InChI=1S/C27H40NP/c1-17-13-18(2)24(19(3)14-17)29-28-23-21(26(7,8)9)15-20(25(4,5)6)16-22(23)27(10,11)12/h13-16H,1-12H3. The average molecular weight is 410 g/mol. The summed E-state index contributed by atoms with van der Waals surface area (Å²) in [5.74, 6) is 0. The van der Waals surface area contributed by atoms with Crippen LogP contribution in [0.15, 0.2) is 29.0 Å². The number of nitrogens with zero attached hydrogens (tertiary/aromatic N) is 1. The normalized spacial score (nSPS) is 13.4. The third-order valence-electron chi connectivity index (χ3n) is 5.48. The van der Waals surface area contributed by atoms with Crippen molar-refractivity contribution in [1.82, 2.24) is 0 Å². The SMILES string of the molecule is Cc1cc(C)c(P=Nc2c(C(C)(C)C)cc(C(C)(C)C)cc2C(C)(C)C)c(C)c1. The first kappa shape index (κ1) is 23.8. The van der Waals surface area contributed by atoms with E-state index in [0.717, 1.165) is 8.37 Å². The molecule has 0 bridgehead atoms. The molecule has 2 heteroatoms. The van der Waals surface area contributed by atoms with Crippen LogP contribution in [0.5, 0.6) is 0 Å². The van der Waals surface area contributed by atoms with Crippen molar-refractivity contribution in [3.8, 4) is 0 Å². The molecule has 158 valence electrons. The molecule has 0 aliphatic heterocycles. The molecule has 0 amide bonds. The van der Waals surface area contributed by atoms with Crippen molar-refractivity contribution in [3.63, 3.8) is 0 Å². The summed E-state index contributed by atoms with van der Waals surface area (Å²) in [5.41, 5.74) is 9.43. The fourth-order valence-corrected chi connectivity index (χ4v) is 4.61. The molecule has 0 aliphatic carbocycles. The van der Waals surface area contributed by atoms with E-state index in [9.17, 15) is 0 Å². The first-order valence-electron chi connectivity index (χ1n) is 10.7. The smallest absolute Gasteiger partial charge is 0.0754 e. The van der Waals surface area contributed by atoms with Gasteiger partial charge in [-0.15, -0.1) is 0 Å². The van der Waals surface area contributed by atoms with Crippen molar-refractivity contribution in [2.24, 2.45) is 4.74 Å². The van der Waals surface area contributed by atoms with Crippen LogP contribution in [0.4, 0.5) is 5.69 Å². The van der Waals surface area contributed by atoms with Gasteiger partial charge in [-0.1, -0.05) is 92.1 Å². The van der Waals surface area contributed by atoms with Crippen LogP contribution in [0.1, 0.15) is 95.7 Å². The first-order valence-corrected chi connectivity index (χ1v) is 11.6. The van der Waals surface area contributed by atoms with Gasteiger partial charge in [0.05, 0.1) is 5.69 Å². The molecule has 0 fully saturated rings. The highest BCUT2D eigenvalue weighted by atomic mass is 31.1. The number of rotatable bonds is 2. The van der Waals surface area contributed by atoms with Crippen LogP contribution in [-0.2, 0) is 16.2 Å². The third-order valence-corrected chi connectivity index (χ3v) is 6.68. The van der Waals surface area contributed by atoms with Gasteiger partial charge in [0.25, 0.3) is 0 Å². The second kappa shape index (κ2) is 7.99. The average Bonchev–Trinajstić information content (AvgIpc) is 2.50. The lowest BCUT2D eigenvalue weighted by Crippen LogP contribution is -2.21. The zero-order valence-electron chi connectivity index (χ0n) is 20.7. The lowest BCUT2D eigenvalue weighted by Gasteiger charge is -2.32. The molecule has 0 unspecified atom stereocenters. The minimum atomic E-state index is 0.0347. The minimum absolute atomic E-state index is 0.0347. The second-order valence-electron chi connectivity index (χ2n) is 11.6. The van der Waals surface area contributed by atoms with Crippen LogP contribution < -0.4 is 5.30 Å². The maximum Gasteiger partial charge on any atom is 0.0754 e. The summed E-state index contributed by atoms with van der Waals surface area (Å²) in [6.45, 7) is 27.3. The molecule has 0 aromatic heterocycles. The highest BCUT2D eigenvalue weighted by molar-refractivity contribution is 7.37. The highest BCUT2D eigenvalue weighted by Gasteiger charge is 2.29. The topological polar surface area (TPSA) is 12.4 Å². The van der Waals surface area contributed by atoms with Gasteiger partial charge in [-0.25, -0.2) is 4.74 Å². The molecule has 0 atom stereocenters. The lowest BCUT2D eigenvalue weighted by molar-refractivity contribution is 0.550. The summed E-state index contributed by atoms with van der Waals surface area (Å²) in [4.78, 5) is 0. The molecule has 0 saturated heterocycles. The molecule has 1 nitrogen and oxygen atoms in total. The zero-order chi connectivity index (χ0) is 22.4. The van der Waals surface area contributed by atoms with Crippen LogP contribution in [-0.4, -0.2) is 0 Å². The molecule has 29 heavy (non-hydrogen) atoms. The summed E-state index contributed by atoms with van der Waals surface area (Å²) < 4.78 is 5.26. The van der Waals surface area contributed by atoms with Gasteiger partial charge in [0, 0.05) is 13.7 Å². The fourth-order valence-electron chi connectivity index (χ4n) is 3.75. The summed E-state index contributed by atoms with van der Waals surface area (Å²) in [5, 5.41) is 1.33. The van der Waals surface area contributed by atoms with Crippen molar-refractivity contribution in [1.29, 1.82) is 0 Å². The van der Waals surface area contributed by atoms with Crippen LogP contribution in [0.3, 0.4) is 0 Å². The molecule has 0 saturated carbocycles. The van der Waals surface area contributed by atoms with E-state index >= 15 is 0 Å². The summed E-state index contributed by atoms with van der Waals surface area (Å²) >= 11 is 0. The predicted molar refractivity (Wildman–Crippen MR) is 132 cm³/mol. The van der Waals surface area contributed by atoms with E-state index in [2.05, 4.69) is 107 Å². The number of hydrogen-bond donors (Lipinski definition) is 0. The van der Waals surface area contributed by atoms with Crippen molar-refractivity contribution in [3.05, 3.63) is 57.6 Å². The van der Waals surface area contributed by atoms with Crippen molar-refractivity contribution < 1.29 is 0 Å². The van der Waals surface area contributed by atoms with E-state index in [-0.39, 0.29) is 16.2 Å². The molecule has 2 aromatic carbocycles. The lowest BCUT2D eigenvalue weighted by atomic mass is 9.74. The Morgan fingerprint density at radius 1 is 0.621 bits per heavy atom. The molecule has 2 aromatic rings. The van der Waals surface area contributed by atoms with Crippen molar-refractivity contribution in [2.75, 3.05) is 0 Å². The molecule has 0 radical (unpaired) electrons. The molecule has 0 aliphatic rings. The van der Waals surface area contributed by atoms with E-state index in [0.29, 0.717) is 0 Å². The van der Waals surface area contributed by atoms with Gasteiger partial charge >= 0.3 is 0 Å². The summed E-state index contributed by atoms with van der Waals surface area (Å²) in [6.07, 6.45) is 0. The molecule has 0 N–H and O–H groups in total. The Balaban J connectivity index is 2.82. The Hall–Kier alpha value is -1.46. The van der Waals surface area contributed by atoms with E-state index < -0.39 is 0 Å². The van der Waals surface area contributed by atoms with Crippen LogP contribution in [0.2, 0.25) is 0 Å². The highest BCUT2D eigenvalue weighted by Crippen LogP contribution is 2.44. The maximum absolute atomic E-state index is 5.26. The van der Waals surface area contributed by atoms with Gasteiger partial charge in [-0.05, 0) is 64.8 Å². The van der Waals surface area contributed by atoms with E-state index in [1.165, 1.54) is 44.4 Å². The van der Waals surface area contributed by atoms with Crippen LogP contribution >= 0.6 is 8.37 Å². The summed E-state index contributed by atoms with van der Waals surface area (Å²) in [7, 11) is 1.03. The molecular weight excluding hydrogens is 369 g/mol. The Kier molecular flexibility index (Phi) is 6.56. The largest absolute Gasteiger partial charge is 0.227 e. The first-order chi connectivity index (χ1) is 13.0.